The fourth-order valence-corrected chi connectivity index (χ4v) is 4.80. The van der Waals surface area contributed by atoms with Crippen molar-refractivity contribution in [2.45, 2.75) is 52.4 Å². The normalized spacial score (nSPS) is 12.8. The molecule has 0 amide bonds. The van der Waals surface area contributed by atoms with Gasteiger partial charge < -0.3 is 0 Å². The number of rotatable bonds is 1. The zero-order valence-electron chi connectivity index (χ0n) is 17.2. The lowest BCUT2D eigenvalue weighted by Gasteiger charge is -2.26. The highest BCUT2D eigenvalue weighted by atomic mass is 32.1. The van der Waals surface area contributed by atoms with Gasteiger partial charge in [-0.05, 0) is 45.2 Å². The standard InChI is InChI=1S/C26H28S/c1-25(2,3)18-14-17(15-19(16-18)26(4,5)6)20-11-9-13-23-24(20)21-10-7-8-12-22(21)27-23/h7-16H,1-6H3. The van der Waals surface area contributed by atoms with Gasteiger partial charge in [-0.3, -0.25) is 0 Å². The molecule has 4 rings (SSSR count). The molecule has 0 aliphatic carbocycles. The van der Waals surface area contributed by atoms with Crippen LogP contribution in [0.25, 0.3) is 31.3 Å². The second-order valence-corrected chi connectivity index (χ2v) is 10.7. The van der Waals surface area contributed by atoms with Gasteiger partial charge in [0, 0.05) is 20.2 Å². The Hall–Kier alpha value is -2.12. The van der Waals surface area contributed by atoms with E-state index in [-0.39, 0.29) is 10.8 Å². The molecule has 1 aromatic heterocycles. The van der Waals surface area contributed by atoms with E-state index in [1.54, 1.807) is 0 Å². The summed E-state index contributed by atoms with van der Waals surface area (Å²) < 4.78 is 2.73. The molecule has 0 bridgehead atoms. The van der Waals surface area contributed by atoms with Gasteiger partial charge in [0.15, 0.2) is 0 Å². The summed E-state index contributed by atoms with van der Waals surface area (Å²) in [5, 5.41) is 2.76. The van der Waals surface area contributed by atoms with E-state index >= 15 is 0 Å². The number of fused-ring (bicyclic) bond motifs is 3. The largest absolute Gasteiger partial charge is 0.135 e. The van der Waals surface area contributed by atoms with E-state index in [1.165, 1.54) is 42.4 Å². The van der Waals surface area contributed by atoms with Gasteiger partial charge in [0.05, 0.1) is 0 Å². The van der Waals surface area contributed by atoms with Gasteiger partial charge in [0.25, 0.3) is 0 Å². The van der Waals surface area contributed by atoms with E-state index in [2.05, 4.69) is 102 Å². The molecule has 0 radical (unpaired) electrons. The summed E-state index contributed by atoms with van der Waals surface area (Å²) in [4.78, 5) is 0. The highest BCUT2D eigenvalue weighted by molar-refractivity contribution is 7.25. The summed E-state index contributed by atoms with van der Waals surface area (Å²) in [7, 11) is 0. The van der Waals surface area contributed by atoms with Gasteiger partial charge >= 0.3 is 0 Å². The van der Waals surface area contributed by atoms with Crippen LogP contribution in [0.4, 0.5) is 0 Å². The van der Waals surface area contributed by atoms with Crippen LogP contribution in [0.3, 0.4) is 0 Å². The second-order valence-electron chi connectivity index (χ2n) is 9.58. The molecule has 0 unspecified atom stereocenters. The maximum Gasteiger partial charge on any atom is 0.0361 e. The molecular formula is C26H28S. The molecule has 0 fully saturated rings. The van der Waals surface area contributed by atoms with E-state index in [4.69, 9.17) is 0 Å². The van der Waals surface area contributed by atoms with E-state index in [1.807, 2.05) is 11.3 Å². The van der Waals surface area contributed by atoms with Crippen LogP contribution in [0, 0.1) is 0 Å². The van der Waals surface area contributed by atoms with Gasteiger partial charge in [-0.25, -0.2) is 0 Å². The van der Waals surface area contributed by atoms with E-state index in [0.29, 0.717) is 0 Å². The van der Waals surface area contributed by atoms with Gasteiger partial charge in [0.2, 0.25) is 0 Å². The van der Waals surface area contributed by atoms with Crippen molar-refractivity contribution in [3.63, 3.8) is 0 Å². The maximum atomic E-state index is 2.40. The molecule has 138 valence electrons. The van der Waals surface area contributed by atoms with Crippen molar-refractivity contribution in [3.8, 4) is 11.1 Å². The van der Waals surface area contributed by atoms with Crippen LogP contribution in [-0.4, -0.2) is 0 Å². The molecule has 0 saturated heterocycles. The summed E-state index contributed by atoms with van der Waals surface area (Å²) in [5.74, 6) is 0. The molecular weight excluding hydrogens is 344 g/mol. The number of benzene rings is 3. The first-order chi connectivity index (χ1) is 12.6. The second kappa shape index (κ2) is 6.21. The zero-order chi connectivity index (χ0) is 19.4. The summed E-state index contributed by atoms with van der Waals surface area (Å²) in [6, 6.07) is 22.7. The third-order valence-corrected chi connectivity index (χ3v) is 6.51. The molecule has 0 aliphatic heterocycles. The Morgan fingerprint density at radius 2 is 1.22 bits per heavy atom. The lowest BCUT2D eigenvalue weighted by atomic mass is 9.78. The summed E-state index contributed by atoms with van der Waals surface area (Å²) in [6.45, 7) is 13.8. The van der Waals surface area contributed by atoms with E-state index < -0.39 is 0 Å². The van der Waals surface area contributed by atoms with Crippen LogP contribution in [0.2, 0.25) is 0 Å². The smallest absolute Gasteiger partial charge is 0.0361 e. The molecule has 0 atom stereocenters. The Balaban J connectivity index is 2.06. The fourth-order valence-electron chi connectivity index (χ4n) is 3.66. The lowest BCUT2D eigenvalue weighted by Crippen LogP contribution is -2.16. The third-order valence-electron chi connectivity index (χ3n) is 5.38. The highest BCUT2D eigenvalue weighted by Crippen LogP contribution is 2.41. The van der Waals surface area contributed by atoms with Crippen LogP contribution in [0.1, 0.15) is 52.7 Å². The number of hydrogen-bond acceptors (Lipinski definition) is 1. The van der Waals surface area contributed by atoms with Gasteiger partial charge in [-0.2, -0.15) is 0 Å². The van der Waals surface area contributed by atoms with Crippen LogP contribution >= 0.6 is 11.3 Å². The fraction of sp³-hybridized carbons (Fsp3) is 0.308. The van der Waals surface area contributed by atoms with Crippen molar-refractivity contribution < 1.29 is 0 Å². The monoisotopic (exact) mass is 372 g/mol. The van der Waals surface area contributed by atoms with Crippen LogP contribution in [0.15, 0.2) is 60.7 Å². The van der Waals surface area contributed by atoms with Crippen LogP contribution in [0.5, 0.6) is 0 Å². The first kappa shape index (κ1) is 18.3. The minimum atomic E-state index is 0.126. The Bertz CT molecular complexity index is 1100. The van der Waals surface area contributed by atoms with Crippen molar-refractivity contribution >= 4 is 31.5 Å². The van der Waals surface area contributed by atoms with Crippen LogP contribution < -0.4 is 0 Å². The molecule has 0 nitrogen and oxygen atoms in total. The Morgan fingerprint density at radius 1 is 0.630 bits per heavy atom. The van der Waals surface area contributed by atoms with Crippen molar-refractivity contribution in [1.29, 1.82) is 0 Å². The highest BCUT2D eigenvalue weighted by Gasteiger charge is 2.21. The number of hydrogen-bond donors (Lipinski definition) is 0. The molecule has 0 saturated carbocycles. The maximum absolute atomic E-state index is 2.40. The minimum Gasteiger partial charge on any atom is -0.135 e. The molecule has 1 heteroatoms. The molecule has 3 aromatic carbocycles. The molecule has 0 aliphatic rings. The van der Waals surface area contributed by atoms with E-state index in [0.717, 1.165) is 0 Å². The van der Waals surface area contributed by atoms with Crippen molar-refractivity contribution in [1.82, 2.24) is 0 Å². The third kappa shape index (κ3) is 3.30. The molecule has 0 spiro atoms. The lowest BCUT2D eigenvalue weighted by molar-refractivity contribution is 0.569. The zero-order valence-corrected chi connectivity index (χ0v) is 18.0. The predicted octanol–water partition coefficient (Wildman–Crippen LogP) is 8.32. The van der Waals surface area contributed by atoms with Gasteiger partial charge in [0.1, 0.15) is 0 Å². The van der Waals surface area contributed by atoms with Gasteiger partial charge in [-0.15, -0.1) is 11.3 Å². The van der Waals surface area contributed by atoms with Crippen molar-refractivity contribution in [2.24, 2.45) is 0 Å². The molecule has 0 N–H and O–H groups in total. The Kier molecular flexibility index (Phi) is 4.20. The van der Waals surface area contributed by atoms with E-state index in [9.17, 15) is 0 Å². The quantitative estimate of drug-likeness (QED) is 0.315. The molecule has 27 heavy (non-hydrogen) atoms. The Labute approximate surface area is 166 Å². The first-order valence-electron chi connectivity index (χ1n) is 9.71. The number of thiophene rings is 1. The van der Waals surface area contributed by atoms with Crippen LogP contribution in [-0.2, 0) is 10.8 Å². The van der Waals surface area contributed by atoms with Crippen molar-refractivity contribution in [2.75, 3.05) is 0 Å². The molecule has 4 aromatic rings. The summed E-state index contributed by atoms with van der Waals surface area (Å²) >= 11 is 1.89. The predicted molar refractivity (Wildman–Crippen MR) is 122 cm³/mol. The first-order valence-corrected chi connectivity index (χ1v) is 10.5. The summed E-state index contributed by atoms with van der Waals surface area (Å²) in [6.07, 6.45) is 0. The minimum absolute atomic E-state index is 0.126. The SMILES string of the molecule is CC(C)(C)c1cc(-c2cccc3sc4ccccc4c23)cc(C(C)(C)C)c1. The average molecular weight is 373 g/mol. The van der Waals surface area contributed by atoms with Gasteiger partial charge in [-0.1, -0.05) is 90.1 Å². The topological polar surface area (TPSA) is 0 Å². The van der Waals surface area contributed by atoms with Crippen molar-refractivity contribution in [3.05, 3.63) is 71.8 Å². The Morgan fingerprint density at radius 3 is 1.85 bits per heavy atom. The summed E-state index contributed by atoms with van der Waals surface area (Å²) in [5.41, 5.74) is 5.74. The molecule has 1 heterocycles. The average Bonchev–Trinajstić information content (AvgIpc) is 2.98.